The lowest BCUT2D eigenvalue weighted by Crippen LogP contribution is -2.42. The van der Waals surface area contributed by atoms with E-state index in [1.807, 2.05) is 30.3 Å². The maximum Gasteiger partial charge on any atom is 0.191 e. The van der Waals surface area contributed by atoms with E-state index in [1.54, 1.807) is 0 Å². The zero-order valence-electron chi connectivity index (χ0n) is 16.3. The van der Waals surface area contributed by atoms with E-state index in [-0.39, 0.29) is 18.1 Å². The van der Waals surface area contributed by atoms with Gasteiger partial charge >= 0.3 is 0 Å². The maximum atomic E-state index is 9.47. The Labute approximate surface area is 158 Å². The molecule has 1 saturated carbocycles. The monoisotopic (exact) mass is 361 g/mol. The molecule has 1 aromatic carbocycles. The fourth-order valence-electron chi connectivity index (χ4n) is 3.63. The number of hydrogen-bond donors (Lipinski definition) is 3. The molecule has 2 rings (SSSR count). The second-order valence-corrected chi connectivity index (χ2v) is 7.35. The maximum absolute atomic E-state index is 9.47. The SMILES string of the molecule is CCNC(=NCC1(CCO)CCCCC1)NCC(C)Oc1ccccc1. The van der Waals surface area contributed by atoms with Crippen LogP contribution in [0.2, 0.25) is 0 Å². The number of ether oxygens (including phenoxy) is 1. The van der Waals surface area contributed by atoms with Crippen LogP contribution in [0, 0.1) is 5.41 Å². The van der Waals surface area contributed by atoms with E-state index < -0.39 is 0 Å². The van der Waals surface area contributed by atoms with Gasteiger partial charge in [0.25, 0.3) is 0 Å². The molecular weight excluding hydrogens is 326 g/mol. The minimum atomic E-state index is 0.0438. The number of nitrogens with zero attached hydrogens (tertiary/aromatic N) is 1. The summed E-state index contributed by atoms with van der Waals surface area (Å²) in [4.78, 5) is 4.83. The molecule has 26 heavy (non-hydrogen) atoms. The second-order valence-electron chi connectivity index (χ2n) is 7.35. The summed E-state index contributed by atoms with van der Waals surface area (Å²) < 4.78 is 5.92. The Morgan fingerprint density at radius 1 is 1.19 bits per heavy atom. The van der Waals surface area contributed by atoms with Gasteiger partial charge in [0.15, 0.2) is 5.96 Å². The van der Waals surface area contributed by atoms with Crippen molar-refractivity contribution in [1.82, 2.24) is 10.6 Å². The molecule has 1 unspecified atom stereocenters. The van der Waals surface area contributed by atoms with Crippen molar-refractivity contribution in [2.45, 2.75) is 58.5 Å². The van der Waals surface area contributed by atoms with Crippen molar-refractivity contribution in [1.29, 1.82) is 0 Å². The van der Waals surface area contributed by atoms with E-state index in [4.69, 9.17) is 9.73 Å². The van der Waals surface area contributed by atoms with Gasteiger partial charge < -0.3 is 20.5 Å². The fraction of sp³-hybridized carbons (Fsp3) is 0.667. The first-order chi connectivity index (χ1) is 12.7. The van der Waals surface area contributed by atoms with Crippen molar-refractivity contribution in [3.8, 4) is 5.75 Å². The van der Waals surface area contributed by atoms with Crippen LogP contribution in [0.25, 0.3) is 0 Å². The fourth-order valence-corrected chi connectivity index (χ4v) is 3.63. The summed E-state index contributed by atoms with van der Waals surface area (Å²) in [6, 6.07) is 9.88. The summed E-state index contributed by atoms with van der Waals surface area (Å²) in [5, 5.41) is 16.2. The van der Waals surface area contributed by atoms with E-state index in [2.05, 4.69) is 24.5 Å². The lowest BCUT2D eigenvalue weighted by Gasteiger charge is -2.35. The highest BCUT2D eigenvalue weighted by atomic mass is 16.5. The topological polar surface area (TPSA) is 65.9 Å². The zero-order chi connectivity index (χ0) is 18.7. The quantitative estimate of drug-likeness (QED) is 0.466. The first kappa shape index (κ1) is 20.6. The van der Waals surface area contributed by atoms with Crippen LogP contribution in [0.5, 0.6) is 5.75 Å². The predicted octanol–water partition coefficient (Wildman–Crippen LogP) is 3.34. The molecule has 146 valence electrons. The number of rotatable bonds is 9. The molecule has 0 aromatic heterocycles. The Hall–Kier alpha value is -1.75. The average Bonchev–Trinajstić information content (AvgIpc) is 2.66. The van der Waals surface area contributed by atoms with Gasteiger partial charge in [-0.05, 0) is 50.7 Å². The molecule has 0 saturated heterocycles. The lowest BCUT2D eigenvalue weighted by atomic mass is 9.72. The summed E-state index contributed by atoms with van der Waals surface area (Å²) in [7, 11) is 0. The first-order valence-electron chi connectivity index (χ1n) is 10.0. The van der Waals surface area contributed by atoms with Gasteiger partial charge in [-0.15, -0.1) is 0 Å². The van der Waals surface area contributed by atoms with Crippen molar-refractivity contribution in [3.05, 3.63) is 30.3 Å². The van der Waals surface area contributed by atoms with E-state index in [0.29, 0.717) is 6.54 Å². The molecule has 0 spiro atoms. The molecule has 5 heteroatoms. The van der Waals surface area contributed by atoms with Crippen LogP contribution in [0.15, 0.2) is 35.3 Å². The predicted molar refractivity (Wildman–Crippen MR) is 108 cm³/mol. The van der Waals surface area contributed by atoms with Gasteiger partial charge in [0, 0.05) is 19.7 Å². The number of aliphatic hydroxyl groups excluding tert-OH is 1. The number of nitrogens with one attached hydrogen (secondary N) is 2. The molecule has 0 heterocycles. The highest BCUT2D eigenvalue weighted by Crippen LogP contribution is 2.39. The molecule has 1 aliphatic rings. The third-order valence-corrected chi connectivity index (χ3v) is 5.11. The van der Waals surface area contributed by atoms with Gasteiger partial charge in [-0.1, -0.05) is 37.5 Å². The van der Waals surface area contributed by atoms with Crippen LogP contribution in [0.1, 0.15) is 52.4 Å². The van der Waals surface area contributed by atoms with Crippen LogP contribution in [0.4, 0.5) is 0 Å². The number of guanidine groups is 1. The van der Waals surface area contributed by atoms with Crippen LogP contribution in [0.3, 0.4) is 0 Å². The zero-order valence-corrected chi connectivity index (χ0v) is 16.3. The molecule has 0 bridgehead atoms. The Morgan fingerprint density at radius 2 is 1.92 bits per heavy atom. The average molecular weight is 362 g/mol. The van der Waals surface area contributed by atoms with E-state index in [1.165, 1.54) is 32.1 Å². The minimum absolute atomic E-state index is 0.0438. The van der Waals surface area contributed by atoms with Crippen LogP contribution in [-0.2, 0) is 0 Å². The van der Waals surface area contributed by atoms with Crippen molar-refractivity contribution in [3.63, 3.8) is 0 Å². The minimum Gasteiger partial charge on any atom is -0.489 e. The Morgan fingerprint density at radius 3 is 2.58 bits per heavy atom. The molecule has 1 atom stereocenters. The van der Waals surface area contributed by atoms with Crippen LogP contribution in [-0.4, -0.2) is 43.4 Å². The van der Waals surface area contributed by atoms with Gasteiger partial charge in [-0.2, -0.15) is 0 Å². The van der Waals surface area contributed by atoms with Crippen molar-refractivity contribution in [2.75, 3.05) is 26.2 Å². The van der Waals surface area contributed by atoms with Crippen LogP contribution < -0.4 is 15.4 Å². The molecule has 0 radical (unpaired) electrons. The summed E-state index contributed by atoms with van der Waals surface area (Å²) in [6.07, 6.45) is 7.05. The lowest BCUT2D eigenvalue weighted by molar-refractivity contribution is 0.137. The van der Waals surface area contributed by atoms with Crippen molar-refractivity contribution < 1.29 is 9.84 Å². The van der Waals surface area contributed by atoms with Gasteiger partial charge in [-0.25, -0.2) is 0 Å². The number of hydrogen-bond acceptors (Lipinski definition) is 3. The Balaban J connectivity index is 1.88. The highest BCUT2D eigenvalue weighted by molar-refractivity contribution is 5.79. The number of benzene rings is 1. The third-order valence-electron chi connectivity index (χ3n) is 5.11. The molecule has 3 N–H and O–H groups in total. The molecule has 0 aliphatic heterocycles. The third kappa shape index (κ3) is 6.87. The van der Waals surface area contributed by atoms with Crippen molar-refractivity contribution >= 4 is 5.96 Å². The Kier molecular flexibility index (Phi) is 8.75. The largest absolute Gasteiger partial charge is 0.489 e. The van der Waals surface area contributed by atoms with Gasteiger partial charge in [-0.3, -0.25) is 4.99 Å². The summed E-state index contributed by atoms with van der Waals surface area (Å²) in [5.74, 6) is 1.71. The molecule has 5 nitrogen and oxygen atoms in total. The smallest absolute Gasteiger partial charge is 0.191 e. The van der Waals surface area contributed by atoms with Crippen LogP contribution >= 0.6 is 0 Å². The van der Waals surface area contributed by atoms with E-state index >= 15 is 0 Å². The van der Waals surface area contributed by atoms with Gasteiger partial charge in [0.1, 0.15) is 11.9 Å². The first-order valence-corrected chi connectivity index (χ1v) is 10.0. The van der Waals surface area contributed by atoms with Gasteiger partial charge in [0.05, 0.1) is 6.54 Å². The number of aliphatic imine (C=N–C) groups is 1. The van der Waals surface area contributed by atoms with E-state index in [0.717, 1.165) is 31.2 Å². The molecule has 0 amide bonds. The van der Waals surface area contributed by atoms with Crippen molar-refractivity contribution in [2.24, 2.45) is 10.4 Å². The molecule has 1 fully saturated rings. The molecule has 1 aliphatic carbocycles. The number of aliphatic hydroxyl groups is 1. The molecular formula is C21H35N3O2. The standard InChI is InChI=1S/C21H35N3O2/c1-3-22-20(23-16-18(2)26-19-10-6-4-7-11-19)24-17-21(14-15-25)12-8-5-9-13-21/h4,6-7,10-11,18,25H,3,5,8-9,12-17H2,1-2H3,(H2,22,23,24). The summed E-state index contributed by atoms with van der Waals surface area (Å²) in [6.45, 7) is 6.67. The normalized spacial score (nSPS) is 18.2. The van der Waals surface area contributed by atoms with E-state index in [9.17, 15) is 5.11 Å². The second kappa shape index (κ2) is 11.1. The number of para-hydroxylation sites is 1. The summed E-state index contributed by atoms with van der Waals surface area (Å²) in [5.41, 5.74) is 0.168. The van der Waals surface area contributed by atoms with Gasteiger partial charge in [0.2, 0.25) is 0 Å². The Bertz CT molecular complexity index is 522. The highest BCUT2D eigenvalue weighted by Gasteiger charge is 2.31. The summed E-state index contributed by atoms with van der Waals surface area (Å²) >= 11 is 0. The molecule has 1 aromatic rings.